The van der Waals surface area contributed by atoms with Gasteiger partial charge in [-0.25, -0.2) is 4.39 Å². The lowest BCUT2D eigenvalue weighted by molar-refractivity contribution is 0.0653. The zero-order valence-corrected chi connectivity index (χ0v) is 12.5. The Morgan fingerprint density at radius 3 is 2.58 bits per heavy atom. The maximum atomic E-state index is 13.1. The van der Waals surface area contributed by atoms with Crippen molar-refractivity contribution in [2.24, 2.45) is 0 Å². The second-order valence-corrected chi connectivity index (χ2v) is 5.02. The van der Waals surface area contributed by atoms with Crippen molar-refractivity contribution in [3.63, 3.8) is 0 Å². The van der Waals surface area contributed by atoms with Crippen molar-refractivity contribution in [2.45, 2.75) is 52.2 Å². The SMILES string of the molecule is CCCNC(Cc1ccc(F)cc1C)C(CC)OC. The van der Waals surface area contributed by atoms with Crippen LogP contribution in [0, 0.1) is 12.7 Å². The predicted molar refractivity (Wildman–Crippen MR) is 78.0 cm³/mol. The van der Waals surface area contributed by atoms with Crippen LogP contribution in [-0.2, 0) is 11.2 Å². The largest absolute Gasteiger partial charge is 0.380 e. The highest BCUT2D eigenvalue weighted by atomic mass is 19.1. The Kier molecular flexibility index (Phi) is 7.03. The Balaban J connectivity index is 2.80. The van der Waals surface area contributed by atoms with Crippen LogP contribution in [0.25, 0.3) is 0 Å². The molecule has 3 heteroatoms. The normalized spacial score (nSPS) is 14.4. The number of rotatable bonds is 8. The van der Waals surface area contributed by atoms with Gasteiger partial charge in [-0.1, -0.05) is 19.9 Å². The first-order valence-electron chi connectivity index (χ1n) is 7.13. The molecule has 1 N–H and O–H groups in total. The summed E-state index contributed by atoms with van der Waals surface area (Å²) in [4.78, 5) is 0. The summed E-state index contributed by atoms with van der Waals surface area (Å²) in [5, 5.41) is 3.54. The Hall–Kier alpha value is -0.930. The van der Waals surface area contributed by atoms with Crippen molar-refractivity contribution in [3.05, 3.63) is 35.1 Å². The molecule has 0 aliphatic heterocycles. The quantitative estimate of drug-likeness (QED) is 0.778. The second-order valence-electron chi connectivity index (χ2n) is 5.02. The number of aryl methyl sites for hydroxylation is 1. The van der Waals surface area contributed by atoms with Gasteiger partial charge in [-0.15, -0.1) is 0 Å². The standard InChI is InChI=1S/C16H26FNO/c1-5-9-18-15(16(6-2)19-4)11-13-7-8-14(17)10-12(13)3/h7-8,10,15-16,18H,5-6,9,11H2,1-4H3. The zero-order chi connectivity index (χ0) is 14.3. The summed E-state index contributed by atoms with van der Waals surface area (Å²) >= 11 is 0. The van der Waals surface area contributed by atoms with Gasteiger partial charge >= 0.3 is 0 Å². The molecule has 1 aromatic carbocycles. The minimum absolute atomic E-state index is 0.168. The fraction of sp³-hybridized carbons (Fsp3) is 0.625. The lowest BCUT2D eigenvalue weighted by Gasteiger charge is -2.27. The first kappa shape index (κ1) is 16.1. The molecule has 0 aliphatic rings. The summed E-state index contributed by atoms with van der Waals surface area (Å²) in [6.45, 7) is 7.22. The summed E-state index contributed by atoms with van der Waals surface area (Å²) in [5.41, 5.74) is 2.19. The van der Waals surface area contributed by atoms with E-state index in [0.717, 1.165) is 31.4 Å². The first-order valence-corrected chi connectivity index (χ1v) is 7.13. The number of nitrogens with one attached hydrogen (secondary N) is 1. The Morgan fingerprint density at radius 2 is 2.05 bits per heavy atom. The van der Waals surface area contributed by atoms with E-state index in [1.807, 2.05) is 13.0 Å². The molecule has 0 spiro atoms. The van der Waals surface area contributed by atoms with Gasteiger partial charge < -0.3 is 10.1 Å². The molecule has 0 radical (unpaired) electrons. The summed E-state index contributed by atoms with van der Waals surface area (Å²) in [7, 11) is 1.76. The summed E-state index contributed by atoms with van der Waals surface area (Å²) in [6, 6.07) is 5.29. The molecule has 2 unspecified atom stereocenters. The van der Waals surface area contributed by atoms with Gasteiger partial charge in [0.25, 0.3) is 0 Å². The molecule has 2 atom stereocenters. The molecule has 1 rings (SSSR count). The molecular formula is C16H26FNO. The topological polar surface area (TPSA) is 21.3 Å². The molecule has 108 valence electrons. The molecule has 0 bridgehead atoms. The number of hydrogen-bond acceptors (Lipinski definition) is 2. The maximum absolute atomic E-state index is 13.1. The minimum atomic E-state index is -0.168. The van der Waals surface area contributed by atoms with Crippen molar-refractivity contribution >= 4 is 0 Å². The zero-order valence-electron chi connectivity index (χ0n) is 12.5. The van der Waals surface area contributed by atoms with E-state index in [1.165, 1.54) is 11.6 Å². The van der Waals surface area contributed by atoms with Crippen molar-refractivity contribution in [1.29, 1.82) is 0 Å². The fourth-order valence-electron chi connectivity index (χ4n) is 2.41. The third kappa shape index (κ3) is 4.92. The molecule has 0 amide bonds. The summed E-state index contributed by atoms with van der Waals surface area (Å²) < 4.78 is 18.7. The molecule has 0 aromatic heterocycles. The molecular weight excluding hydrogens is 241 g/mol. The van der Waals surface area contributed by atoms with Gasteiger partial charge in [0.15, 0.2) is 0 Å². The van der Waals surface area contributed by atoms with Gasteiger partial charge in [0.2, 0.25) is 0 Å². The smallest absolute Gasteiger partial charge is 0.123 e. The predicted octanol–water partition coefficient (Wildman–Crippen LogP) is 3.47. The van der Waals surface area contributed by atoms with E-state index >= 15 is 0 Å². The number of halogens is 1. The van der Waals surface area contributed by atoms with Gasteiger partial charge in [0.1, 0.15) is 5.82 Å². The van der Waals surface area contributed by atoms with E-state index in [1.54, 1.807) is 13.2 Å². The van der Waals surface area contributed by atoms with Gasteiger partial charge in [-0.3, -0.25) is 0 Å². The van der Waals surface area contributed by atoms with E-state index in [4.69, 9.17) is 4.74 Å². The molecule has 0 aliphatic carbocycles. The number of hydrogen-bond donors (Lipinski definition) is 1. The number of methoxy groups -OCH3 is 1. The monoisotopic (exact) mass is 267 g/mol. The van der Waals surface area contributed by atoms with Crippen LogP contribution in [0.4, 0.5) is 4.39 Å². The molecule has 0 saturated carbocycles. The molecule has 0 fully saturated rings. The minimum Gasteiger partial charge on any atom is -0.380 e. The third-order valence-electron chi connectivity index (χ3n) is 3.55. The van der Waals surface area contributed by atoms with E-state index < -0.39 is 0 Å². The van der Waals surface area contributed by atoms with Gasteiger partial charge in [-0.05, 0) is 56.0 Å². The fourth-order valence-corrected chi connectivity index (χ4v) is 2.41. The maximum Gasteiger partial charge on any atom is 0.123 e. The van der Waals surface area contributed by atoms with Crippen LogP contribution in [0.3, 0.4) is 0 Å². The summed E-state index contributed by atoms with van der Waals surface area (Å²) in [6.07, 6.45) is 3.13. The first-order chi connectivity index (χ1) is 9.12. The molecule has 19 heavy (non-hydrogen) atoms. The van der Waals surface area contributed by atoms with Crippen LogP contribution in [0.1, 0.15) is 37.8 Å². The van der Waals surface area contributed by atoms with Gasteiger partial charge in [-0.2, -0.15) is 0 Å². The summed E-state index contributed by atoms with van der Waals surface area (Å²) in [5.74, 6) is -0.168. The molecule has 1 aromatic rings. The van der Waals surface area contributed by atoms with Crippen LogP contribution in [-0.4, -0.2) is 25.8 Å². The lowest BCUT2D eigenvalue weighted by atomic mass is 9.96. The second kappa shape index (κ2) is 8.28. The molecule has 0 heterocycles. The highest BCUT2D eigenvalue weighted by Crippen LogP contribution is 2.16. The van der Waals surface area contributed by atoms with E-state index in [0.29, 0.717) is 0 Å². The number of benzene rings is 1. The van der Waals surface area contributed by atoms with Crippen LogP contribution < -0.4 is 5.32 Å². The van der Waals surface area contributed by atoms with Crippen molar-refractivity contribution in [3.8, 4) is 0 Å². The van der Waals surface area contributed by atoms with E-state index in [-0.39, 0.29) is 18.0 Å². The van der Waals surface area contributed by atoms with Crippen LogP contribution in [0.2, 0.25) is 0 Å². The average Bonchev–Trinajstić information content (AvgIpc) is 2.39. The van der Waals surface area contributed by atoms with Crippen LogP contribution >= 0.6 is 0 Å². The van der Waals surface area contributed by atoms with Gasteiger partial charge in [0, 0.05) is 13.2 Å². The molecule has 0 saturated heterocycles. The van der Waals surface area contributed by atoms with Crippen molar-refractivity contribution < 1.29 is 9.13 Å². The third-order valence-corrected chi connectivity index (χ3v) is 3.55. The molecule has 2 nitrogen and oxygen atoms in total. The highest BCUT2D eigenvalue weighted by Gasteiger charge is 2.20. The Morgan fingerprint density at radius 1 is 1.32 bits per heavy atom. The van der Waals surface area contributed by atoms with Crippen LogP contribution in [0.15, 0.2) is 18.2 Å². The Labute approximate surface area is 116 Å². The van der Waals surface area contributed by atoms with Gasteiger partial charge in [0.05, 0.1) is 6.10 Å². The van der Waals surface area contributed by atoms with E-state index in [2.05, 4.69) is 19.2 Å². The van der Waals surface area contributed by atoms with Crippen molar-refractivity contribution in [1.82, 2.24) is 5.32 Å². The highest BCUT2D eigenvalue weighted by molar-refractivity contribution is 5.27. The number of ether oxygens (including phenoxy) is 1. The lowest BCUT2D eigenvalue weighted by Crippen LogP contribution is -2.42. The van der Waals surface area contributed by atoms with Crippen LogP contribution in [0.5, 0.6) is 0 Å². The average molecular weight is 267 g/mol. The Bertz CT molecular complexity index is 377. The van der Waals surface area contributed by atoms with Crippen molar-refractivity contribution in [2.75, 3.05) is 13.7 Å². The van der Waals surface area contributed by atoms with E-state index in [9.17, 15) is 4.39 Å².